The Hall–Kier alpha value is -4.32. The van der Waals surface area contributed by atoms with Crippen LogP contribution in [0.5, 0.6) is 11.8 Å². The highest BCUT2D eigenvalue weighted by Gasteiger charge is 2.57. The predicted octanol–water partition coefficient (Wildman–Crippen LogP) is 6.91. The molecule has 1 aliphatic carbocycles. The number of fused-ring (bicyclic) bond motifs is 3. The number of piperazine rings is 1. The first-order valence-corrected chi connectivity index (χ1v) is 18.7. The average Bonchev–Trinajstić information content (AvgIpc) is 3.94. The molecule has 0 unspecified atom stereocenters. The molecule has 2 atom stereocenters. The van der Waals surface area contributed by atoms with E-state index in [1.807, 2.05) is 4.90 Å². The number of aryl methyl sites for hydroxylation is 1. The molecule has 286 valence electrons. The molecule has 4 aromatic rings. The van der Waals surface area contributed by atoms with Crippen LogP contribution >= 0.6 is 0 Å². The summed E-state index contributed by atoms with van der Waals surface area (Å²) in [6.07, 6.45) is 5.79. The lowest BCUT2D eigenvalue weighted by Gasteiger charge is -2.42. The van der Waals surface area contributed by atoms with Gasteiger partial charge in [-0.25, -0.2) is 13.8 Å². The minimum absolute atomic E-state index is 0.000288. The molecule has 9 nitrogen and oxygen atoms in total. The molecule has 14 heteroatoms. The van der Waals surface area contributed by atoms with E-state index in [1.54, 1.807) is 0 Å². The molecule has 3 fully saturated rings. The highest BCUT2D eigenvalue weighted by Crippen LogP contribution is 2.49. The molecule has 0 bridgehead atoms. The van der Waals surface area contributed by atoms with Gasteiger partial charge >= 0.3 is 12.2 Å². The number of nitrogens with zero attached hydrogens (tertiary/aromatic N) is 5. The molecule has 0 radical (unpaired) electrons. The second kappa shape index (κ2) is 13.8. The minimum Gasteiger partial charge on any atom is -0.508 e. The lowest BCUT2D eigenvalue weighted by molar-refractivity contribution is -0.282. The van der Waals surface area contributed by atoms with E-state index in [9.17, 15) is 18.3 Å². The second-order valence-corrected chi connectivity index (χ2v) is 15.4. The first kappa shape index (κ1) is 36.6. The molecule has 0 spiro atoms. The normalized spacial score (nSPS) is 22.1. The van der Waals surface area contributed by atoms with Crippen molar-refractivity contribution in [1.29, 1.82) is 0 Å². The molecule has 2 N–H and O–H groups in total. The second-order valence-electron chi connectivity index (χ2n) is 15.4. The van der Waals surface area contributed by atoms with Gasteiger partial charge in [0, 0.05) is 68.3 Å². The van der Waals surface area contributed by atoms with E-state index in [1.165, 1.54) is 24.3 Å². The molecule has 4 aliphatic rings. The number of alkyl halides is 3. The maximum absolute atomic E-state index is 17.2. The van der Waals surface area contributed by atoms with Crippen molar-refractivity contribution in [3.63, 3.8) is 0 Å². The molecule has 5 heterocycles. The Kier molecular flexibility index (Phi) is 9.34. The van der Waals surface area contributed by atoms with Crippen molar-refractivity contribution in [2.75, 3.05) is 51.3 Å². The van der Waals surface area contributed by atoms with Crippen molar-refractivity contribution in [3.05, 3.63) is 47.2 Å². The van der Waals surface area contributed by atoms with Crippen molar-refractivity contribution >= 4 is 27.5 Å². The number of nitrogens with one attached hydrogen (secondary N) is 1. The van der Waals surface area contributed by atoms with E-state index >= 15 is 8.78 Å². The first-order chi connectivity index (χ1) is 25.9. The van der Waals surface area contributed by atoms with Gasteiger partial charge < -0.3 is 29.7 Å². The van der Waals surface area contributed by atoms with Gasteiger partial charge in [-0.05, 0) is 68.5 Å². The Balaban J connectivity index is 1.18. The summed E-state index contributed by atoms with van der Waals surface area (Å²) in [6, 6.07) is 5.70. The number of rotatable bonds is 9. The van der Waals surface area contributed by atoms with Crippen LogP contribution in [0.4, 0.5) is 27.8 Å². The van der Waals surface area contributed by atoms with Crippen LogP contribution < -0.4 is 15.0 Å². The molecule has 1 saturated carbocycles. The number of anilines is 1. The summed E-state index contributed by atoms with van der Waals surface area (Å²) in [7, 11) is 1.12. The van der Waals surface area contributed by atoms with Crippen LogP contribution in [0, 0.1) is 29.4 Å². The van der Waals surface area contributed by atoms with Gasteiger partial charge in [-0.3, -0.25) is 0 Å². The number of piperidine rings is 1. The van der Waals surface area contributed by atoms with Crippen LogP contribution in [0.3, 0.4) is 0 Å². The largest absolute Gasteiger partial charge is 0.508 e. The number of hydrogen-bond donors (Lipinski definition) is 2. The van der Waals surface area contributed by atoms with Crippen LogP contribution in [0.25, 0.3) is 32.9 Å². The fraction of sp³-hybridized carbons (Fsp3) is 0.525. The van der Waals surface area contributed by atoms with Crippen molar-refractivity contribution in [2.24, 2.45) is 5.41 Å². The molecule has 0 amide bonds. The highest BCUT2D eigenvalue weighted by molar-refractivity contribution is 6.03. The Morgan fingerprint density at radius 2 is 1.85 bits per heavy atom. The molecular formula is C40H43F5N6O3. The molecular weight excluding hydrogens is 707 g/mol. The third-order valence-corrected chi connectivity index (χ3v) is 12.0. The standard InChI is InChI=1S/C40H43F5N6O3/c1-4-6-24-20-51-25(19-46-24)8-10-30-32-35(33(42)34(47-30)28-18-26(52)17-23-7-9-29(41)27(5-2)31(23)28)48-37(49-36(32)51)54-22-38(11-12-38)21-50-15-13-39(53-3,14-16-50)40(43,44)45/h2,7,9,17-18,24-25,46,52H,4,6,8,10-16,19-22H2,1,3H3/t24-,25-/m1/s1. The summed E-state index contributed by atoms with van der Waals surface area (Å²) in [5, 5.41) is 15.5. The van der Waals surface area contributed by atoms with Gasteiger partial charge in [0.05, 0.1) is 23.3 Å². The topological polar surface area (TPSA) is 95.9 Å². The van der Waals surface area contributed by atoms with Crippen LogP contribution in [0.2, 0.25) is 0 Å². The quantitative estimate of drug-likeness (QED) is 0.140. The third kappa shape index (κ3) is 6.37. The van der Waals surface area contributed by atoms with E-state index in [4.69, 9.17) is 25.9 Å². The number of pyridine rings is 1. The SMILES string of the molecule is C#Cc1c(F)ccc2cc(O)cc(-c3nc4c5c(nc(OCC6(CN7CCC(OC)(C(F)(F)F)CC7)CC6)nc5c3F)N3C[C@@H](CCC)NC[C@H]3CC4)c12. The maximum atomic E-state index is 17.2. The van der Waals surface area contributed by atoms with E-state index in [0.717, 1.165) is 32.8 Å². The number of phenols is 1. The van der Waals surface area contributed by atoms with Gasteiger partial charge in [0.1, 0.15) is 28.6 Å². The number of aromatic hydroxyl groups is 1. The number of methoxy groups -OCH3 is 1. The molecule has 2 aromatic carbocycles. The van der Waals surface area contributed by atoms with E-state index < -0.39 is 23.4 Å². The number of halogens is 5. The van der Waals surface area contributed by atoms with Gasteiger partial charge in [-0.15, -0.1) is 6.42 Å². The van der Waals surface area contributed by atoms with Crippen LogP contribution in [-0.4, -0.2) is 95.3 Å². The molecule has 8 rings (SSSR count). The zero-order chi connectivity index (χ0) is 38.0. The lowest BCUT2D eigenvalue weighted by Crippen LogP contribution is -2.56. The van der Waals surface area contributed by atoms with Gasteiger partial charge in [0.2, 0.25) is 0 Å². The molecule has 3 aliphatic heterocycles. The number of benzene rings is 2. The Morgan fingerprint density at radius 1 is 1.07 bits per heavy atom. The number of aromatic nitrogens is 3. The number of ether oxygens (including phenoxy) is 2. The van der Waals surface area contributed by atoms with E-state index in [-0.39, 0.29) is 89.5 Å². The summed E-state index contributed by atoms with van der Waals surface area (Å²) < 4.78 is 85.0. The van der Waals surface area contributed by atoms with Crippen LogP contribution in [-0.2, 0) is 11.2 Å². The Labute approximate surface area is 310 Å². The minimum atomic E-state index is -4.45. The van der Waals surface area contributed by atoms with Crippen molar-refractivity contribution < 1.29 is 36.5 Å². The highest BCUT2D eigenvalue weighted by atomic mass is 19.4. The lowest BCUT2D eigenvalue weighted by atomic mass is 9.89. The number of phenolic OH excluding ortho intramolecular Hbond substituents is 1. The van der Waals surface area contributed by atoms with Gasteiger partial charge in [0.25, 0.3) is 0 Å². The van der Waals surface area contributed by atoms with Gasteiger partial charge in [0.15, 0.2) is 11.4 Å². The average molecular weight is 751 g/mol. The Bertz CT molecular complexity index is 2140. The number of terminal acetylenes is 1. The van der Waals surface area contributed by atoms with E-state index in [2.05, 4.69) is 28.0 Å². The van der Waals surface area contributed by atoms with Crippen LogP contribution in [0.15, 0.2) is 24.3 Å². The van der Waals surface area contributed by atoms with Crippen molar-refractivity contribution in [2.45, 2.75) is 82.2 Å². The summed E-state index contributed by atoms with van der Waals surface area (Å²) in [4.78, 5) is 18.7. The smallest absolute Gasteiger partial charge is 0.417 e. The third-order valence-electron chi connectivity index (χ3n) is 12.0. The fourth-order valence-electron chi connectivity index (χ4n) is 8.71. The molecule has 54 heavy (non-hydrogen) atoms. The van der Waals surface area contributed by atoms with Crippen molar-refractivity contribution in [1.82, 2.24) is 25.2 Å². The monoisotopic (exact) mass is 750 g/mol. The molecule has 2 saturated heterocycles. The van der Waals surface area contributed by atoms with Gasteiger partial charge in [-0.2, -0.15) is 23.1 Å². The van der Waals surface area contributed by atoms with Crippen molar-refractivity contribution in [3.8, 4) is 35.4 Å². The summed E-state index contributed by atoms with van der Waals surface area (Å²) in [5.41, 5.74) is -1.90. The van der Waals surface area contributed by atoms with E-state index in [0.29, 0.717) is 54.8 Å². The summed E-state index contributed by atoms with van der Waals surface area (Å²) >= 11 is 0. The zero-order valence-electron chi connectivity index (χ0n) is 30.3. The number of likely N-dealkylation sites (tertiary alicyclic amines) is 1. The predicted molar refractivity (Wildman–Crippen MR) is 195 cm³/mol. The first-order valence-electron chi connectivity index (χ1n) is 18.7. The zero-order valence-corrected chi connectivity index (χ0v) is 30.3. The molecule has 2 aromatic heterocycles. The maximum Gasteiger partial charge on any atom is 0.417 e. The van der Waals surface area contributed by atoms with Crippen LogP contribution in [0.1, 0.15) is 63.1 Å². The summed E-state index contributed by atoms with van der Waals surface area (Å²) in [5.74, 6) is 1.34. The Morgan fingerprint density at radius 3 is 2.54 bits per heavy atom. The fourth-order valence-corrected chi connectivity index (χ4v) is 8.71. The summed E-state index contributed by atoms with van der Waals surface area (Å²) in [6.45, 7) is 4.73. The number of hydrogen-bond acceptors (Lipinski definition) is 9. The van der Waals surface area contributed by atoms with Gasteiger partial charge in [-0.1, -0.05) is 25.3 Å².